The number of hydrogen-bond acceptors (Lipinski definition) is 6. The summed E-state index contributed by atoms with van der Waals surface area (Å²) >= 11 is 0. The Balaban J connectivity index is 2.28. The Bertz CT molecular complexity index is 586. The van der Waals surface area contributed by atoms with Crippen LogP contribution in [0.15, 0.2) is 35.9 Å². The van der Waals surface area contributed by atoms with Crippen LogP contribution in [0, 0.1) is 0 Å². The lowest BCUT2D eigenvalue weighted by Gasteiger charge is -2.26. The molecule has 1 aliphatic rings. The molecule has 1 aromatic heterocycles. The molecular weight excluding hydrogens is 286 g/mol. The van der Waals surface area contributed by atoms with Crippen molar-refractivity contribution in [1.29, 1.82) is 0 Å². The van der Waals surface area contributed by atoms with Crippen molar-refractivity contribution < 1.29 is 19.8 Å². The molecular formula is C15H19N3O4. The summed E-state index contributed by atoms with van der Waals surface area (Å²) in [5, 5.41) is 21.7. The van der Waals surface area contributed by atoms with Gasteiger partial charge in [-0.05, 0) is 18.6 Å². The standard InChI is InChI=1S/C15H19N3O4/c1-10(20)12-13(11-3-2-4-17-9-11)18(15(22)14(12)21)7-5-16-6-8-19/h2-4,9,13,16,19,21H,5-8H2,1H3. The number of carbonyl (C=O) groups excluding carboxylic acids is 2. The van der Waals surface area contributed by atoms with Crippen molar-refractivity contribution in [2.45, 2.75) is 13.0 Å². The first-order chi connectivity index (χ1) is 10.6. The summed E-state index contributed by atoms with van der Waals surface area (Å²) in [4.78, 5) is 29.5. The van der Waals surface area contributed by atoms with Crippen molar-refractivity contribution in [3.05, 3.63) is 41.4 Å². The average molecular weight is 305 g/mol. The van der Waals surface area contributed by atoms with E-state index >= 15 is 0 Å². The van der Waals surface area contributed by atoms with Gasteiger partial charge >= 0.3 is 0 Å². The number of aliphatic hydroxyl groups is 2. The van der Waals surface area contributed by atoms with Gasteiger partial charge < -0.3 is 20.4 Å². The van der Waals surface area contributed by atoms with Gasteiger partial charge in [0.15, 0.2) is 11.5 Å². The molecule has 1 atom stereocenters. The monoisotopic (exact) mass is 305 g/mol. The third kappa shape index (κ3) is 3.15. The molecule has 0 radical (unpaired) electrons. The molecule has 0 aromatic carbocycles. The third-order valence-electron chi connectivity index (χ3n) is 3.50. The van der Waals surface area contributed by atoms with Crippen molar-refractivity contribution in [3.8, 4) is 0 Å². The maximum atomic E-state index is 12.2. The number of aliphatic hydroxyl groups excluding tert-OH is 2. The quantitative estimate of drug-likeness (QED) is 0.610. The fourth-order valence-electron chi connectivity index (χ4n) is 2.53. The van der Waals surface area contributed by atoms with Crippen LogP contribution in [0.1, 0.15) is 18.5 Å². The van der Waals surface area contributed by atoms with Crippen LogP contribution in [0.3, 0.4) is 0 Å². The average Bonchev–Trinajstić information content (AvgIpc) is 2.77. The number of amides is 1. The lowest BCUT2D eigenvalue weighted by molar-refractivity contribution is -0.129. The molecule has 0 bridgehead atoms. The zero-order valence-electron chi connectivity index (χ0n) is 12.3. The molecule has 0 spiro atoms. The molecule has 2 rings (SSSR count). The summed E-state index contributed by atoms with van der Waals surface area (Å²) in [6, 6.07) is 2.85. The van der Waals surface area contributed by atoms with Crippen molar-refractivity contribution in [3.63, 3.8) is 0 Å². The second-order valence-corrected chi connectivity index (χ2v) is 4.98. The van der Waals surface area contributed by atoms with E-state index in [9.17, 15) is 14.7 Å². The third-order valence-corrected chi connectivity index (χ3v) is 3.50. The summed E-state index contributed by atoms with van der Waals surface area (Å²) in [7, 11) is 0. The first-order valence-electron chi connectivity index (χ1n) is 7.04. The van der Waals surface area contributed by atoms with Gasteiger partial charge in [0.25, 0.3) is 5.91 Å². The lowest BCUT2D eigenvalue weighted by Crippen LogP contribution is -2.37. The molecule has 2 heterocycles. The van der Waals surface area contributed by atoms with Crippen molar-refractivity contribution in [2.24, 2.45) is 0 Å². The van der Waals surface area contributed by atoms with Gasteiger partial charge in [0, 0.05) is 32.0 Å². The second kappa shape index (κ2) is 7.15. The number of aromatic nitrogens is 1. The summed E-state index contributed by atoms with van der Waals surface area (Å²) in [6.07, 6.45) is 3.18. The molecule has 1 aliphatic heterocycles. The molecule has 3 N–H and O–H groups in total. The smallest absolute Gasteiger partial charge is 0.290 e. The highest BCUT2D eigenvalue weighted by molar-refractivity contribution is 6.08. The second-order valence-electron chi connectivity index (χ2n) is 4.98. The Labute approximate surface area is 128 Å². The van der Waals surface area contributed by atoms with E-state index in [-0.39, 0.29) is 18.0 Å². The topological polar surface area (TPSA) is 103 Å². The van der Waals surface area contributed by atoms with E-state index < -0.39 is 17.7 Å². The van der Waals surface area contributed by atoms with Gasteiger partial charge in [0.1, 0.15) is 0 Å². The Hall–Kier alpha value is -2.25. The van der Waals surface area contributed by atoms with Crippen molar-refractivity contribution >= 4 is 11.7 Å². The van der Waals surface area contributed by atoms with Crippen LogP contribution in [0.5, 0.6) is 0 Å². The summed E-state index contributed by atoms with van der Waals surface area (Å²) in [5.74, 6) is -1.40. The maximum absolute atomic E-state index is 12.2. The van der Waals surface area contributed by atoms with E-state index in [2.05, 4.69) is 10.3 Å². The summed E-state index contributed by atoms with van der Waals surface area (Å²) in [6.45, 7) is 2.50. The lowest BCUT2D eigenvalue weighted by atomic mass is 9.98. The molecule has 1 aromatic rings. The number of Topliss-reactive ketones (excluding diaryl/α,β-unsaturated/α-hetero) is 1. The molecule has 7 nitrogen and oxygen atoms in total. The minimum Gasteiger partial charge on any atom is -0.503 e. The van der Waals surface area contributed by atoms with Crippen LogP contribution in [-0.2, 0) is 9.59 Å². The highest BCUT2D eigenvalue weighted by Gasteiger charge is 2.42. The predicted molar refractivity (Wildman–Crippen MR) is 79.0 cm³/mol. The molecule has 7 heteroatoms. The largest absolute Gasteiger partial charge is 0.503 e. The molecule has 22 heavy (non-hydrogen) atoms. The van der Waals surface area contributed by atoms with Crippen LogP contribution >= 0.6 is 0 Å². The number of rotatable bonds is 7. The molecule has 1 unspecified atom stereocenters. The summed E-state index contributed by atoms with van der Waals surface area (Å²) < 4.78 is 0. The molecule has 0 saturated carbocycles. The zero-order chi connectivity index (χ0) is 16.1. The van der Waals surface area contributed by atoms with E-state index in [0.29, 0.717) is 25.2 Å². The maximum Gasteiger partial charge on any atom is 0.290 e. The van der Waals surface area contributed by atoms with Gasteiger partial charge in [0.2, 0.25) is 0 Å². The molecule has 0 saturated heterocycles. The normalized spacial score (nSPS) is 18.2. The van der Waals surface area contributed by atoms with Crippen LogP contribution < -0.4 is 5.32 Å². The van der Waals surface area contributed by atoms with Crippen molar-refractivity contribution in [1.82, 2.24) is 15.2 Å². The highest BCUT2D eigenvalue weighted by Crippen LogP contribution is 2.36. The minimum absolute atomic E-state index is 0.00216. The van der Waals surface area contributed by atoms with E-state index in [4.69, 9.17) is 5.11 Å². The van der Waals surface area contributed by atoms with Gasteiger partial charge in [0.05, 0.1) is 18.2 Å². The number of carbonyl (C=O) groups is 2. The van der Waals surface area contributed by atoms with Crippen LogP contribution in [0.25, 0.3) is 0 Å². The molecule has 1 amide bonds. The Morgan fingerprint density at radius 1 is 1.45 bits per heavy atom. The van der Waals surface area contributed by atoms with E-state index in [0.717, 1.165) is 0 Å². The van der Waals surface area contributed by atoms with Crippen LogP contribution in [-0.4, -0.2) is 58.0 Å². The first-order valence-corrected chi connectivity index (χ1v) is 7.04. The first kappa shape index (κ1) is 16.1. The number of pyridine rings is 1. The van der Waals surface area contributed by atoms with E-state index in [1.165, 1.54) is 11.8 Å². The van der Waals surface area contributed by atoms with E-state index in [1.54, 1.807) is 24.5 Å². The number of hydrogen-bond donors (Lipinski definition) is 3. The fourth-order valence-corrected chi connectivity index (χ4v) is 2.53. The highest BCUT2D eigenvalue weighted by atomic mass is 16.3. The number of nitrogens with one attached hydrogen (secondary N) is 1. The van der Waals surface area contributed by atoms with Gasteiger partial charge in [-0.2, -0.15) is 0 Å². The number of nitrogens with zero attached hydrogens (tertiary/aromatic N) is 2. The molecule has 118 valence electrons. The van der Waals surface area contributed by atoms with Gasteiger partial charge in [-0.15, -0.1) is 0 Å². The zero-order valence-corrected chi connectivity index (χ0v) is 12.3. The van der Waals surface area contributed by atoms with Crippen LogP contribution in [0.2, 0.25) is 0 Å². The fraction of sp³-hybridized carbons (Fsp3) is 0.400. The number of ketones is 1. The Morgan fingerprint density at radius 3 is 2.82 bits per heavy atom. The minimum atomic E-state index is -0.630. The Kier molecular flexibility index (Phi) is 5.24. The van der Waals surface area contributed by atoms with Crippen molar-refractivity contribution in [2.75, 3.05) is 26.2 Å². The molecule has 0 aliphatic carbocycles. The molecule has 0 fully saturated rings. The Morgan fingerprint density at radius 2 is 2.23 bits per heavy atom. The predicted octanol–water partition coefficient (Wildman–Crippen LogP) is -0.0521. The van der Waals surface area contributed by atoms with Gasteiger partial charge in [-0.1, -0.05) is 6.07 Å². The van der Waals surface area contributed by atoms with Gasteiger partial charge in [-0.25, -0.2) is 0 Å². The van der Waals surface area contributed by atoms with E-state index in [1.807, 2.05) is 0 Å². The van der Waals surface area contributed by atoms with Gasteiger partial charge in [-0.3, -0.25) is 14.6 Å². The summed E-state index contributed by atoms with van der Waals surface area (Å²) in [5.41, 5.74) is 0.771. The SMILES string of the molecule is CC(=O)C1=C(O)C(=O)N(CCNCCO)C1c1cccnc1. The van der Waals surface area contributed by atoms with Crippen LogP contribution in [0.4, 0.5) is 0 Å².